The predicted octanol–water partition coefficient (Wildman–Crippen LogP) is 0.862. The highest BCUT2D eigenvalue weighted by atomic mass is 16.5. The lowest BCUT2D eigenvalue weighted by molar-refractivity contribution is 0.0885. The Hall–Kier alpha value is -1.93. The van der Waals surface area contributed by atoms with E-state index in [2.05, 4.69) is 10.3 Å². The molecule has 0 saturated carbocycles. The monoisotopic (exact) mass is 231 g/mol. The molecule has 1 aliphatic rings. The molecule has 0 radical (unpaired) electrons. The number of nitrogens with one attached hydrogen (secondary N) is 1. The molecule has 5 nitrogen and oxygen atoms in total. The Balaban J connectivity index is 2.07. The highest BCUT2D eigenvalue weighted by molar-refractivity contribution is 5.92. The molecule has 1 fully saturated rings. The van der Waals surface area contributed by atoms with Crippen LogP contribution in [0, 0.1) is 11.3 Å². The summed E-state index contributed by atoms with van der Waals surface area (Å²) in [5.41, 5.74) is 0.446. The highest BCUT2D eigenvalue weighted by Gasteiger charge is 2.31. The summed E-state index contributed by atoms with van der Waals surface area (Å²) in [6, 6.07) is 5.09. The van der Waals surface area contributed by atoms with Gasteiger partial charge in [0.25, 0.3) is 5.91 Å². The molecular weight excluding hydrogens is 218 g/mol. The molecule has 2 rings (SSSR count). The summed E-state index contributed by atoms with van der Waals surface area (Å²) >= 11 is 0. The molecule has 1 aliphatic heterocycles. The Morgan fingerprint density at radius 2 is 2.47 bits per heavy atom. The van der Waals surface area contributed by atoms with E-state index >= 15 is 0 Å². The molecule has 0 aliphatic carbocycles. The Morgan fingerprint density at radius 3 is 3.00 bits per heavy atom. The number of ether oxygens (including phenoxy) is 1. The summed E-state index contributed by atoms with van der Waals surface area (Å²) < 4.78 is 5.26. The van der Waals surface area contributed by atoms with Crippen LogP contribution in [0.15, 0.2) is 18.3 Å². The highest BCUT2D eigenvalue weighted by Crippen LogP contribution is 2.17. The molecule has 1 saturated heterocycles. The van der Waals surface area contributed by atoms with E-state index in [1.807, 2.05) is 13.0 Å². The van der Waals surface area contributed by atoms with Gasteiger partial charge in [-0.25, -0.2) is 4.98 Å². The van der Waals surface area contributed by atoms with Crippen molar-refractivity contribution in [3.05, 3.63) is 29.6 Å². The molecule has 17 heavy (non-hydrogen) atoms. The van der Waals surface area contributed by atoms with Crippen molar-refractivity contribution in [1.29, 1.82) is 5.26 Å². The number of nitrogens with zero attached hydrogens (tertiary/aromatic N) is 2. The molecule has 1 aromatic rings. The van der Waals surface area contributed by atoms with Crippen LogP contribution in [0.2, 0.25) is 0 Å². The van der Waals surface area contributed by atoms with Crippen LogP contribution in [0.5, 0.6) is 0 Å². The molecule has 1 N–H and O–H groups in total. The molecule has 2 heterocycles. The first kappa shape index (κ1) is 11.6. The van der Waals surface area contributed by atoms with E-state index in [1.165, 1.54) is 6.20 Å². The van der Waals surface area contributed by atoms with E-state index < -0.39 is 0 Å². The first-order valence-corrected chi connectivity index (χ1v) is 5.39. The third-order valence-corrected chi connectivity index (χ3v) is 2.76. The number of aromatic nitrogens is 1. The topological polar surface area (TPSA) is 75.0 Å². The summed E-state index contributed by atoms with van der Waals surface area (Å²) in [5, 5.41) is 11.5. The third-order valence-electron chi connectivity index (χ3n) is 2.76. The average Bonchev–Trinajstić information content (AvgIpc) is 2.76. The molecule has 1 amide bonds. The van der Waals surface area contributed by atoms with Gasteiger partial charge in [0.1, 0.15) is 11.8 Å². The Kier molecular flexibility index (Phi) is 3.07. The van der Waals surface area contributed by atoms with Crippen LogP contribution in [0.1, 0.15) is 29.4 Å². The van der Waals surface area contributed by atoms with Crippen LogP contribution in [0.25, 0.3) is 0 Å². The fourth-order valence-electron chi connectivity index (χ4n) is 1.70. The minimum Gasteiger partial charge on any atom is -0.379 e. The van der Waals surface area contributed by atoms with Crippen molar-refractivity contribution in [1.82, 2.24) is 10.3 Å². The van der Waals surface area contributed by atoms with Gasteiger partial charge >= 0.3 is 0 Å². The lowest BCUT2D eigenvalue weighted by Gasteiger charge is -2.23. The number of nitriles is 1. The number of hydrogen-bond acceptors (Lipinski definition) is 4. The van der Waals surface area contributed by atoms with Crippen molar-refractivity contribution in [2.24, 2.45) is 0 Å². The van der Waals surface area contributed by atoms with Gasteiger partial charge in [-0.3, -0.25) is 4.79 Å². The van der Waals surface area contributed by atoms with Gasteiger partial charge in [-0.05, 0) is 25.5 Å². The first-order valence-electron chi connectivity index (χ1n) is 5.39. The van der Waals surface area contributed by atoms with E-state index in [1.54, 1.807) is 12.1 Å². The van der Waals surface area contributed by atoms with Crippen LogP contribution < -0.4 is 5.32 Å². The summed E-state index contributed by atoms with van der Waals surface area (Å²) in [5.74, 6) is -0.234. The van der Waals surface area contributed by atoms with Gasteiger partial charge in [-0.1, -0.05) is 0 Å². The Bertz CT molecular complexity index is 456. The van der Waals surface area contributed by atoms with Gasteiger partial charge in [0, 0.05) is 12.8 Å². The number of amides is 1. The number of rotatable bonds is 2. The zero-order valence-corrected chi connectivity index (χ0v) is 9.56. The SMILES string of the molecule is CC1(NC(=O)c2ccc(C#N)cn2)CCOC1. The summed E-state index contributed by atoms with van der Waals surface area (Å²) in [4.78, 5) is 15.8. The third kappa shape index (κ3) is 2.60. The summed E-state index contributed by atoms with van der Waals surface area (Å²) in [6.45, 7) is 3.13. The largest absolute Gasteiger partial charge is 0.379 e. The Labute approximate surface area is 99.4 Å². The van der Waals surface area contributed by atoms with Crippen LogP contribution in [-0.4, -0.2) is 29.6 Å². The van der Waals surface area contributed by atoms with Crippen molar-refractivity contribution in [3.63, 3.8) is 0 Å². The van der Waals surface area contributed by atoms with E-state index in [-0.39, 0.29) is 11.4 Å². The average molecular weight is 231 g/mol. The summed E-state index contributed by atoms with van der Waals surface area (Å²) in [6.07, 6.45) is 2.19. The zero-order chi connectivity index (χ0) is 12.3. The predicted molar refractivity (Wildman–Crippen MR) is 60.3 cm³/mol. The molecule has 1 unspecified atom stereocenters. The second-order valence-corrected chi connectivity index (χ2v) is 4.36. The second-order valence-electron chi connectivity index (χ2n) is 4.36. The van der Waals surface area contributed by atoms with Crippen molar-refractivity contribution in [3.8, 4) is 6.07 Å². The van der Waals surface area contributed by atoms with E-state index in [0.717, 1.165) is 6.42 Å². The minimum absolute atomic E-state index is 0.234. The van der Waals surface area contributed by atoms with Gasteiger partial charge in [0.05, 0.1) is 17.7 Å². The molecule has 0 spiro atoms. The van der Waals surface area contributed by atoms with Gasteiger partial charge in [-0.15, -0.1) is 0 Å². The molecule has 0 bridgehead atoms. The fourth-order valence-corrected chi connectivity index (χ4v) is 1.70. The Morgan fingerprint density at radius 1 is 1.65 bits per heavy atom. The fraction of sp³-hybridized carbons (Fsp3) is 0.417. The number of pyridine rings is 1. The second kappa shape index (κ2) is 4.52. The van der Waals surface area contributed by atoms with Crippen molar-refractivity contribution >= 4 is 5.91 Å². The van der Waals surface area contributed by atoms with Gasteiger partial charge in [-0.2, -0.15) is 5.26 Å². The molecule has 5 heteroatoms. The van der Waals surface area contributed by atoms with Crippen molar-refractivity contribution < 1.29 is 9.53 Å². The lowest BCUT2D eigenvalue weighted by atomic mass is 10.0. The number of carbonyl (C=O) groups excluding carboxylic acids is 1. The van der Waals surface area contributed by atoms with Crippen molar-refractivity contribution in [2.75, 3.05) is 13.2 Å². The normalized spacial score (nSPS) is 23.1. The van der Waals surface area contributed by atoms with E-state index in [4.69, 9.17) is 10.00 Å². The summed E-state index contributed by atoms with van der Waals surface area (Å²) in [7, 11) is 0. The first-order chi connectivity index (χ1) is 8.13. The van der Waals surface area contributed by atoms with E-state index in [0.29, 0.717) is 24.5 Å². The molecular formula is C12H13N3O2. The molecule has 1 aromatic heterocycles. The van der Waals surface area contributed by atoms with Crippen LogP contribution in [0.3, 0.4) is 0 Å². The van der Waals surface area contributed by atoms with Crippen LogP contribution in [0.4, 0.5) is 0 Å². The quantitative estimate of drug-likeness (QED) is 0.819. The maximum Gasteiger partial charge on any atom is 0.270 e. The minimum atomic E-state index is -0.313. The van der Waals surface area contributed by atoms with Crippen molar-refractivity contribution in [2.45, 2.75) is 18.9 Å². The number of hydrogen-bond donors (Lipinski definition) is 1. The standard InChI is InChI=1S/C12H13N3O2/c1-12(4-5-17-8-12)15-11(16)10-3-2-9(6-13)7-14-10/h2-3,7H,4-5,8H2,1H3,(H,15,16). The maximum absolute atomic E-state index is 11.9. The van der Waals surface area contributed by atoms with Crippen LogP contribution in [-0.2, 0) is 4.74 Å². The van der Waals surface area contributed by atoms with Crippen LogP contribution >= 0.6 is 0 Å². The molecule has 0 aromatic carbocycles. The van der Waals surface area contributed by atoms with Gasteiger partial charge in [0.15, 0.2) is 0 Å². The zero-order valence-electron chi connectivity index (χ0n) is 9.56. The molecule has 88 valence electrons. The lowest BCUT2D eigenvalue weighted by Crippen LogP contribution is -2.46. The molecule has 1 atom stereocenters. The van der Waals surface area contributed by atoms with E-state index in [9.17, 15) is 4.79 Å². The maximum atomic E-state index is 11.9. The van der Waals surface area contributed by atoms with Gasteiger partial charge in [0.2, 0.25) is 0 Å². The smallest absolute Gasteiger partial charge is 0.270 e. The number of carbonyl (C=O) groups is 1. The van der Waals surface area contributed by atoms with Gasteiger partial charge < -0.3 is 10.1 Å².